The van der Waals surface area contributed by atoms with Gasteiger partial charge in [0.25, 0.3) is 0 Å². The van der Waals surface area contributed by atoms with Crippen molar-refractivity contribution in [1.82, 2.24) is 14.8 Å². The summed E-state index contributed by atoms with van der Waals surface area (Å²) < 4.78 is 2.08. The summed E-state index contributed by atoms with van der Waals surface area (Å²) in [5.74, 6) is 5.95. The lowest BCUT2D eigenvalue weighted by Gasteiger charge is -2.45. The molecule has 1 fully saturated rings. The number of aromatic nitrogens is 3. The molecular weight excluding hydrogens is 354 g/mol. The van der Waals surface area contributed by atoms with Gasteiger partial charge in [0.1, 0.15) is 0 Å². The molecule has 0 bridgehead atoms. The fourth-order valence-electron chi connectivity index (χ4n) is 4.34. The van der Waals surface area contributed by atoms with Crippen LogP contribution in [-0.4, -0.2) is 24.7 Å². The molecular formula is C21H25N5S. The van der Waals surface area contributed by atoms with Crippen molar-refractivity contribution >= 4 is 16.9 Å². The van der Waals surface area contributed by atoms with Gasteiger partial charge in [-0.25, -0.2) is 4.68 Å². The van der Waals surface area contributed by atoms with Crippen molar-refractivity contribution in [3.05, 3.63) is 42.0 Å². The number of hydrogen-bond acceptors (Lipinski definition) is 5. The summed E-state index contributed by atoms with van der Waals surface area (Å²) in [7, 11) is 0. The number of aliphatic imine (C=N–C) groups is 1. The Hall–Kier alpha value is -2.26. The first-order valence-corrected chi connectivity index (χ1v) is 10.3. The highest BCUT2D eigenvalue weighted by atomic mass is 32.2. The largest absolute Gasteiger partial charge is 0.378 e. The molecule has 1 atom stereocenters. The molecule has 27 heavy (non-hydrogen) atoms. The van der Waals surface area contributed by atoms with E-state index in [2.05, 4.69) is 35.0 Å². The molecule has 0 amide bonds. The normalized spacial score (nSPS) is 24.1. The van der Waals surface area contributed by atoms with E-state index in [0.29, 0.717) is 5.17 Å². The lowest BCUT2D eigenvalue weighted by atomic mass is 9.77. The highest BCUT2D eigenvalue weighted by Gasteiger charge is 2.45. The van der Waals surface area contributed by atoms with E-state index in [-0.39, 0.29) is 10.3 Å². The fraction of sp³-hybridized carbons (Fsp3) is 0.476. The van der Waals surface area contributed by atoms with Gasteiger partial charge in [0.05, 0.1) is 23.6 Å². The van der Waals surface area contributed by atoms with Crippen LogP contribution in [0.25, 0.3) is 5.69 Å². The molecule has 6 heteroatoms. The number of nitrogens with two attached hydrogens (primary N) is 1. The van der Waals surface area contributed by atoms with Crippen LogP contribution < -0.4 is 5.73 Å². The Labute approximate surface area is 164 Å². The van der Waals surface area contributed by atoms with Crippen LogP contribution in [0.2, 0.25) is 0 Å². The first-order chi connectivity index (χ1) is 13.0. The second kappa shape index (κ2) is 7.05. The summed E-state index contributed by atoms with van der Waals surface area (Å²) in [6.07, 6.45) is 14.9. The highest BCUT2D eigenvalue weighted by Crippen LogP contribution is 2.51. The van der Waals surface area contributed by atoms with E-state index in [4.69, 9.17) is 10.7 Å². The summed E-state index contributed by atoms with van der Waals surface area (Å²) in [4.78, 5) is 9.14. The van der Waals surface area contributed by atoms with Crippen molar-refractivity contribution in [2.75, 3.05) is 0 Å². The summed E-state index contributed by atoms with van der Waals surface area (Å²) in [6, 6.07) is 2.00. The Kier molecular flexibility index (Phi) is 4.73. The first-order valence-electron chi connectivity index (χ1n) is 9.50. The molecule has 2 aromatic heterocycles. The van der Waals surface area contributed by atoms with Gasteiger partial charge in [-0.1, -0.05) is 36.9 Å². The van der Waals surface area contributed by atoms with Crippen LogP contribution >= 0.6 is 11.8 Å². The number of pyridine rings is 1. The van der Waals surface area contributed by atoms with Crippen LogP contribution in [0.1, 0.15) is 63.5 Å². The molecule has 2 aliphatic rings. The third-order valence-electron chi connectivity index (χ3n) is 5.57. The van der Waals surface area contributed by atoms with E-state index in [0.717, 1.165) is 23.2 Å². The SMILES string of the molecule is CC#Cc1cncc(-n2cc(C3(C)CC4(CCCCC4)SC(N)=N3)cn2)c1. The maximum atomic E-state index is 6.28. The molecule has 4 rings (SSSR count). The minimum absolute atomic E-state index is 0.221. The van der Waals surface area contributed by atoms with Crippen molar-refractivity contribution in [3.63, 3.8) is 0 Å². The third-order valence-corrected chi connectivity index (χ3v) is 6.86. The van der Waals surface area contributed by atoms with Crippen molar-refractivity contribution in [1.29, 1.82) is 0 Å². The summed E-state index contributed by atoms with van der Waals surface area (Å²) >= 11 is 1.79. The number of amidine groups is 1. The van der Waals surface area contributed by atoms with Crippen LogP contribution in [0, 0.1) is 11.8 Å². The second-order valence-electron chi connectivity index (χ2n) is 7.73. The maximum Gasteiger partial charge on any atom is 0.155 e. The molecule has 1 saturated carbocycles. The predicted molar refractivity (Wildman–Crippen MR) is 111 cm³/mol. The van der Waals surface area contributed by atoms with Gasteiger partial charge in [-0.05, 0) is 39.2 Å². The van der Waals surface area contributed by atoms with Crippen molar-refractivity contribution in [2.45, 2.75) is 62.7 Å². The summed E-state index contributed by atoms with van der Waals surface area (Å²) in [5.41, 5.74) is 8.84. The van der Waals surface area contributed by atoms with Crippen LogP contribution in [-0.2, 0) is 5.54 Å². The van der Waals surface area contributed by atoms with E-state index in [1.165, 1.54) is 32.1 Å². The van der Waals surface area contributed by atoms with Gasteiger partial charge in [0, 0.05) is 28.3 Å². The zero-order chi connectivity index (χ0) is 18.9. The molecule has 1 unspecified atom stereocenters. The Morgan fingerprint density at radius 2 is 2.00 bits per heavy atom. The van der Waals surface area contributed by atoms with Crippen LogP contribution in [0.4, 0.5) is 0 Å². The number of hydrogen-bond donors (Lipinski definition) is 1. The Balaban J connectivity index is 1.66. The molecule has 1 aliphatic carbocycles. The summed E-state index contributed by atoms with van der Waals surface area (Å²) in [5, 5.41) is 5.29. The van der Waals surface area contributed by atoms with E-state index in [1.54, 1.807) is 24.2 Å². The highest BCUT2D eigenvalue weighted by molar-refractivity contribution is 8.15. The molecule has 0 aromatic carbocycles. The zero-order valence-corrected chi connectivity index (χ0v) is 16.7. The Morgan fingerprint density at radius 3 is 2.78 bits per heavy atom. The van der Waals surface area contributed by atoms with Gasteiger partial charge in [0.15, 0.2) is 5.17 Å². The smallest absolute Gasteiger partial charge is 0.155 e. The third kappa shape index (κ3) is 3.61. The molecule has 1 aliphatic heterocycles. The number of rotatable bonds is 2. The van der Waals surface area contributed by atoms with Gasteiger partial charge in [-0.3, -0.25) is 9.98 Å². The predicted octanol–water partition coefficient (Wildman–Crippen LogP) is 4.01. The van der Waals surface area contributed by atoms with Crippen molar-refractivity contribution in [2.24, 2.45) is 10.7 Å². The average molecular weight is 380 g/mol. The van der Waals surface area contributed by atoms with E-state index < -0.39 is 0 Å². The minimum Gasteiger partial charge on any atom is -0.378 e. The molecule has 3 heterocycles. The van der Waals surface area contributed by atoms with Gasteiger partial charge in [-0.15, -0.1) is 5.92 Å². The molecule has 5 nitrogen and oxygen atoms in total. The molecule has 0 saturated heterocycles. The van der Waals surface area contributed by atoms with Gasteiger partial charge in [-0.2, -0.15) is 5.10 Å². The fourth-order valence-corrected chi connectivity index (χ4v) is 5.88. The van der Waals surface area contributed by atoms with Crippen molar-refractivity contribution in [3.8, 4) is 17.5 Å². The molecule has 2 N–H and O–H groups in total. The number of thioether (sulfide) groups is 1. The standard InChI is InChI=1S/C21H25N5S/c1-3-7-16-10-18(13-23-11-16)26-14-17(12-24-26)20(2)15-21(27-19(22)25-20)8-5-4-6-9-21/h10-14H,4-6,8-9,15H2,1-2H3,(H2,22,25). The number of nitrogens with zero attached hydrogens (tertiary/aromatic N) is 4. The lowest BCUT2D eigenvalue weighted by molar-refractivity contribution is 0.303. The van der Waals surface area contributed by atoms with Gasteiger partial charge in [0.2, 0.25) is 0 Å². The molecule has 2 aromatic rings. The monoisotopic (exact) mass is 379 g/mol. The maximum absolute atomic E-state index is 6.28. The van der Waals surface area contributed by atoms with Crippen molar-refractivity contribution < 1.29 is 0 Å². The minimum atomic E-state index is -0.334. The van der Waals surface area contributed by atoms with Crippen LogP contribution in [0.15, 0.2) is 35.8 Å². The summed E-state index contributed by atoms with van der Waals surface area (Å²) in [6.45, 7) is 4.01. The van der Waals surface area contributed by atoms with Crippen LogP contribution in [0.3, 0.4) is 0 Å². The average Bonchev–Trinajstić information content (AvgIpc) is 3.13. The second-order valence-corrected chi connectivity index (χ2v) is 9.22. The Morgan fingerprint density at radius 1 is 1.19 bits per heavy atom. The molecule has 1 spiro atoms. The van der Waals surface area contributed by atoms with Crippen LogP contribution in [0.5, 0.6) is 0 Å². The van der Waals surface area contributed by atoms with E-state index in [9.17, 15) is 0 Å². The quantitative estimate of drug-likeness (QED) is 0.801. The lowest BCUT2D eigenvalue weighted by Crippen LogP contribution is -2.43. The van der Waals surface area contributed by atoms with E-state index >= 15 is 0 Å². The Bertz CT molecular complexity index is 929. The zero-order valence-electron chi connectivity index (χ0n) is 15.9. The first kappa shape index (κ1) is 18.1. The van der Waals surface area contributed by atoms with Gasteiger partial charge < -0.3 is 5.73 Å². The molecule has 0 radical (unpaired) electrons. The van der Waals surface area contributed by atoms with E-state index in [1.807, 2.05) is 23.9 Å². The topological polar surface area (TPSA) is 69.1 Å². The van der Waals surface area contributed by atoms with Gasteiger partial charge >= 0.3 is 0 Å². The molecule has 140 valence electrons.